The van der Waals surface area contributed by atoms with Crippen LogP contribution in [0, 0.1) is 23.2 Å². The molecule has 6 nitrogen and oxygen atoms in total. The minimum Gasteiger partial charge on any atom is -0.495 e. The van der Waals surface area contributed by atoms with E-state index in [1.807, 2.05) is 41.4 Å². The number of piperazine rings is 1. The third kappa shape index (κ3) is 4.42. The molecule has 2 aromatic rings. The van der Waals surface area contributed by atoms with E-state index in [0.29, 0.717) is 12.5 Å². The van der Waals surface area contributed by atoms with Crippen molar-refractivity contribution < 1.29 is 9.53 Å². The first-order valence-corrected chi connectivity index (χ1v) is 13.5. The Kier molecular flexibility index (Phi) is 6.17. The van der Waals surface area contributed by atoms with E-state index >= 15 is 0 Å². The lowest BCUT2D eigenvalue weighted by Crippen LogP contribution is -2.56. The summed E-state index contributed by atoms with van der Waals surface area (Å²) in [4.78, 5) is 25.8. The average Bonchev–Trinajstić information content (AvgIpc) is 2.89. The number of para-hydroxylation sites is 2. The highest BCUT2D eigenvalue weighted by Crippen LogP contribution is 2.60. The van der Waals surface area contributed by atoms with E-state index in [-0.39, 0.29) is 5.41 Å². The van der Waals surface area contributed by atoms with Crippen LogP contribution in [0.3, 0.4) is 0 Å². The van der Waals surface area contributed by atoms with Crippen LogP contribution in [0.15, 0.2) is 48.7 Å². The minimum absolute atomic E-state index is 0.144. The van der Waals surface area contributed by atoms with E-state index in [2.05, 4.69) is 26.9 Å². The van der Waals surface area contributed by atoms with E-state index < -0.39 is 0 Å². The molecule has 2 heterocycles. The molecule has 1 saturated heterocycles. The number of nitrogens with zero attached hydrogens (tertiary/aromatic N) is 4. The molecule has 186 valence electrons. The highest BCUT2D eigenvalue weighted by atomic mass is 16.5. The number of anilines is 2. The minimum atomic E-state index is -0.144. The summed E-state index contributed by atoms with van der Waals surface area (Å²) in [5.41, 5.74) is 1.02. The topological polar surface area (TPSA) is 48.9 Å². The summed E-state index contributed by atoms with van der Waals surface area (Å²) >= 11 is 0. The number of rotatable bonds is 7. The number of benzene rings is 1. The van der Waals surface area contributed by atoms with Crippen molar-refractivity contribution in [2.24, 2.45) is 23.2 Å². The molecule has 5 fully saturated rings. The quantitative estimate of drug-likeness (QED) is 0.593. The van der Waals surface area contributed by atoms with Crippen LogP contribution >= 0.6 is 0 Å². The largest absolute Gasteiger partial charge is 0.495 e. The highest BCUT2D eigenvalue weighted by molar-refractivity contribution is 5.97. The van der Waals surface area contributed by atoms with Crippen molar-refractivity contribution in [1.82, 2.24) is 9.88 Å². The van der Waals surface area contributed by atoms with Gasteiger partial charge in [-0.2, -0.15) is 0 Å². The SMILES string of the molecule is COc1ccccc1N1CCN(CCN(C(=O)C23CC4CC(CC(C4)C2)C3)c2ccccn2)CC1. The molecule has 7 rings (SSSR count). The number of amides is 1. The van der Waals surface area contributed by atoms with Crippen molar-refractivity contribution in [1.29, 1.82) is 0 Å². The molecule has 1 amide bonds. The average molecular weight is 475 g/mol. The van der Waals surface area contributed by atoms with Crippen molar-refractivity contribution in [3.05, 3.63) is 48.7 Å². The van der Waals surface area contributed by atoms with E-state index in [1.165, 1.54) is 24.9 Å². The van der Waals surface area contributed by atoms with E-state index in [0.717, 1.165) is 81.3 Å². The van der Waals surface area contributed by atoms with Crippen LogP contribution in [0.25, 0.3) is 0 Å². The van der Waals surface area contributed by atoms with Crippen LogP contribution in [0.5, 0.6) is 5.75 Å². The molecule has 4 saturated carbocycles. The van der Waals surface area contributed by atoms with Gasteiger partial charge in [-0.3, -0.25) is 14.6 Å². The summed E-state index contributed by atoms with van der Waals surface area (Å²) in [7, 11) is 1.74. The smallest absolute Gasteiger partial charge is 0.234 e. The molecule has 0 unspecified atom stereocenters. The maximum absolute atomic E-state index is 14.2. The first-order valence-electron chi connectivity index (χ1n) is 13.5. The number of methoxy groups -OCH3 is 1. The Morgan fingerprint density at radius 1 is 0.971 bits per heavy atom. The van der Waals surface area contributed by atoms with Crippen molar-refractivity contribution in [2.75, 3.05) is 56.2 Å². The van der Waals surface area contributed by atoms with Crippen LogP contribution in [0.1, 0.15) is 38.5 Å². The lowest BCUT2D eigenvalue weighted by atomic mass is 9.49. The molecule has 4 aliphatic carbocycles. The second kappa shape index (κ2) is 9.45. The fourth-order valence-corrected chi connectivity index (χ4v) is 7.84. The summed E-state index contributed by atoms with van der Waals surface area (Å²) in [6.45, 7) is 5.50. The van der Waals surface area contributed by atoms with E-state index in [9.17, 15) is 4.79 Å². The molecule has 5 aliphatic rings. The zero-order chi connectivity index (χ0) is 23.8. The third-order valence-corrected chi connectivity index (χ3v) is 9.10. The molecular weight excluding hydrogens is 436 g/mol. The predicted octanol–water partition coefficient (Wildman–Crippen LogP) is 4.46. The molecule has 1 aliphatic heterocycles. The number of hydrogen-bond acceptors (Lipinski definition) is 5. The lowest BCUT2D eigenvalue weighted by Gasteiger charge is -2.56. The van der Waals surface area contributed by atoms with Gasteiger partial charge < -0.3 is 9.64 Å². The summed E-state index contributed by atoms with van der Waals surface area (Å²) in [5.74, 6) is 4.39. The van der Waals surface area contributed by atoms with Gasteiger partial charge in [-0.15, -0.1) is 0 Å². The molecule has 1 aromatic heterocycles. The summed E-state index contributed by atoms with van der Waals surface area (Å²) < 4.78 is 5.57. The summed E-state index contributed by atoms with van der Waals surface area (Å²) in [6, 6.07) is 14.2. The van der Waals surface area contributed by atoms with Crippen LogP contribution in [0.2, 0.25) is 0 Å². The molecule has 6 heteroatoms. The van der Waals surface area contributed by atoms with Gasteiger partial charge in [0.2, 0.25) is 5.91 Å². The summed E-state index contributed by atoms with van der Waals surface area (Å²) in [5, 5.41) is 0. The van der Waals surface area contributed by atoms with Crippen LogP contribution < -0.4 is 14.5 Å². The van der Waals surface area contributed by atoms with Gasteiger partial charge in [0, 0.05) is 45.5 Å². The van der Waals surface area contributed by atoms with Crippen LogP contribution in [-0.2, 0) is 4.79 Å². The standard InChI is InChI=1S/C29H38N4O2/c1-35-26-7-3-2-6-25(26)32-13-10-31(11-14-32)12-15-33(27-8-4-5-9-30-27)28(34)29-19-22-16-23(20-29)18-24(17-22)21-29/h2-9,22-24H,10-21H2,1H3. The maximum Gasteiger partial charge on any atom is 0.234 e. The number of hydrogen-bond donors (Lipinski definition) is 0. The first-order chi connectivity index (χ1) is 17.1. The Balaban J connectivity index is 1.13. The van der Waals surface area contributed by atoms with Gasteiger partial charge in [0.25, 0.3) is 0 Å². The molecule has 0 radical (unpaired) electrons. The normalized spacial score (nSPS) is 29.9. The molecular formula is C29H38N4O2. The molecule has 0 spiro atoms. The fraction of sp³-hybridized carbons (Fsp3) is 0.586. The molecule has 35 heavy (non-hydrogen) atoms. The van der Waals surface area contributed by atoms with Gasteiger partial charge in [0.15, 0.2) is 0 Å². The number of carbonyl (C=O) groups is 1. The van der Waals surface area contributed by atoms with Crippen LogP contribution in [0.4, 0.5) is 11.5 Å². The number of carbonyl (C=O) groups excluding carboxylic acids is 1. The van der Waals surface area contributed by atoms with Crippen molar-refractivity contribution >= 4 is 17.4 Å². The third-order valence-electron chi connectivity index (χ3n) is 9.10. The van der Waals surface area contributed by atoms with Gasteiger partial charge in [-0.05, 0) is 80.5 Å². The zero-order valence-corrected chi connectivity index (χ0v) is 20.9. The molecule has 1 aromatic carbocycles. The number of pyridine rings is 1. The van der Waals surface area contributed by atoms with Gasteiger partial charge >= 0.3 is 0 Å². The van der Waals surface area contributed by atoms with Crippen molar-refractivity contribution in [2.45, 2.75) is 38.5 Å². The van der Waals surface area contributed by atoms with Crippen molar-refractivity contribution in [3.63, 3.8) is 0 Å². The second-order valence-electron chi connectivity index (χ2n) is 11.3. The zero-order valence-electron chi connectivity index (χ0n) is 20.9. The van der Waals surface area contributed by atoms with Gasteiger partial charge in [0.05, 0.1) is 18.2 Å². The van der Waals surface area contributed by atoms with E-state index in [1.54, 1.807) is 7.11 Å². The lowest BCUT2D eigenvalue weighted by molar-refractivity contribution is -0.143. The van der Waals surface area contributed by atoms with E-state index in [4.69, 9.17) is 4.74 Å². The Morgan fingerprint density at radius 2 is 1.63 bits per heavy atom. The highest BCUT2D eigenvalue weighted by Gasteiger charge is 2.55. The Morgan fingerprint density at radius 3 is 2.26 bits per heavy atom. The monoisotopic (exact) mass is 474 g/mol. The van der Waals surface area contributed by atoms with Gasteiger partial charge in [-0.1, -0.05) is 18.2 Å². The fourth-order valence-electron chi connectivity index (χ4n) is 7.84. The van der Waals surface area contributed by atoms with Crippen molar-refractivity contribution in [3.8, 4) is 5.75 Å². The Bertz CT molecular complexity index is 999. The molecule has 4 bridgehead atoms. The molecule has 0 N–H and O–H groups in total. The first kappa shape index (κ1) is 22.8. The Hall–Kier alpha value is -2.60. The summed E-state index contributed by atoms with van der Waals surface area (Å²) in [6.07, 6.45) is 9.17. The van der Waals surface area contributed by atoms with Gasteiger partial charge in [-0.25, -0.2) is 4.98 Å². The predicted molar refractivity (Wildman–Crippen MR) is 139 cm³/mol. The van der Waals surface area contributed by atoms with Gasteiger partial charge in [0.1, 0.15) is 11.6 Å². The Labute approximate surface area is 209 Å². The number of aromatic nitrogens is 1. The second-order valence-corrected chi connectivity index (χ2v) is 11.3. The van der Waals surface area contributed by atoms with Crippen LogP contribution in [-0.4, -0.2) is 62.2 Å². The number of ether oxygens (including phenoxy) is 1. The molecule has 0 atom stereocenters. The maximum atomic E-state index is 14.2.